The zero-order valence-electron chi connectivity index (χ0n) is 14.9. The van der Waals surface area contributed by atoms with Crippen molar-refractivity contribution in [2.24, 2.45) is 0 Å². The van der Waals surface area contributed by atoms with E-state index in [1.807, 2.05) is 47.1 Å². The highest BCUT2D eigenvalue weighted by atomic mass is 32.1. The number of hydrogen-bond donors (Lipinski definition) is 1. The molecule has 0 bridgehead atoms. The summed E-state index contributed by atoms with van der Waals surface area (Å²) >= 11 is 1.43. The third kappa shape index (κ3) is 3.88. The third-order valence-corrected chi connectivity index (χ3v) is 5.12. The first-order valence-corrected chi connectivity index (χ1v) is 9.72. The van der Waals surface area contributed by atoms with Crippen LogP contribution in [0.3, 0.4) is 0 Å². The molecule has 0 fully saturated rings. The summed E-state index contributed by atoms with van der Waals surface area (Å²) in [6, 6.07) is 13.5. The van der Waals surface area contributed by atoms with Gasteiger partial charge in [0.25, 0.3) is 5.91 Å². The summed E-state index contributed by atoms with van der Waals surface area (Å²) in [7, 11) is 0. The van der Waals surface area contributed by atoms with Crippen LogP contribution in [-0.4, -0.2) is 25.5 Å². The minimum absolute atomic E-state index is 0.208. The van der Waals surface area contributed by atoms with E-state index in [-0.39, 0.29) is 5.91 Å². The van der Waals surface area contributed by atoms with Crippen LogP contribution in [0.4, 0.5) is 5.13 Å². The van der Waals surface area contributed by atoms with E-state index in [1.165, 1.54) is 11.3 Å². The van der Waals surface area contributed by atoms with Crippen LogP contribution < -0.4 is 5.32 Å². The zero-order valence-corrected chi connectivity index (χ0v) is 15.7. The Balaban J connectivity index is 1.53. The maximum absolute atomic E-state index is 12.5. The van der Waals surface area contributed by atoms with E-state index >= 15 is 0 Å². The smallest absolute Gasteiger partial charge is 0.257 e. The van der Waals surface area contributed by atoms with Gasteiger partial charge in [0, 0.05) is 29.9 Å². The van der Waals surface area contributed by atoms with Gasteiger partial charge in [-0.3, -0.25) is 10.1 Å². The Labute approximate surface area is 160 Å². The zero-order chi connectivity index (χ0) is 18.6. The molecule has 7 heteroatoms. The molecule has 1 aromatic carbocycles. The third-order valence-electron chi connectivity index (χ3n) is 4.22. The quantitative estimate of drug-likeness (QED) is 0.539. The molecule has 0 atom stereocenters. The predicted molar refractivity (Wildman–Crippen MR) is 107 cm³/mol. The van der Waals surface area contributed by atoms with E-state index in [2.05, 4.69) is 27.4 Å². The van der Waals surface area contributed by atoms with Crippen molar-refractivity contribution in [2.45, 2.75) is 26.2 Å². The van der Waals surface area contributed by atoms with Gasteiger partial charge in [-0.25, -0.2) is 4.98 Å². The van der Waals surface area contributed by atoms with Crippen molar-refractivity contribution in [2.75, 3.05) is 5.32 Å². The largest absolute Gasteiger partial charge is 0.306 e. The summed E-state index contributed by atoms with van der Waals surface area (Å²) in [5.41, 5.74) is 3.18. The highest BCUT2D eigenvalue weighted by Gasteiger charge is 2.12. The van der Waals surface area contributed by atoms with E-state index in [4.69, 9.17) is 0 Å². The molecule has 136 valence electrons. The highest BCUT2D eigenvalue weighted by Crippen LogP contribution is 2.21. The van der Waals surface area contributed by atoms with Crippen molar-refractivity contribution in [3.05, 3.63) is 65.4 Å². The molecule has 0 radical (unpaired) electrons. The predicted octanol–water partition coefficient (Wildman–Crippen LogP) is 4.45. The minimum Gasteiger partial charge on any atom is -0.306 e. The summed E-state index contributed by atoms with van der Waals surface area (Å²) in [6.07, 6.45) is 6.87. The van der Waals surface area contributed by atoms with Crippen LogP contribution in [0.15, 0.2) is 54.9 Å². The van der Waals surface area contributed by atoms with E-state index in [1.54, 1.807) is 12.1 Å². The van der Waals surface area contributed by atoms with Crippen molar-refractivity contribution >= 4 is 28.0 Å². The van der Waals surface area contributed by atoms with Crippen LogP contribution in [0.1, 0.15) is 35.1 Å². The number of hydrogen-bond acceptors (Lipinski definition) is 5. The lowest BCUT2D eigenvalue weighted by atomic mass is 10.2. The minimum atomic E-state index is -0.208. The van der Waals surface area contributed by atoms with Crippen molar-refractivity contribution in [3.63, 3.8) is 0 Å². The molecule has 0 aliphatic rings. The molecule has 6 nitrogen and oxygen atoms in total. The summed E-state index contributed by atoms with van der Waals surface area (Å²) in [4.78, 5) is 17.2. The van der Waals surface area contributed by atoms with Crippen molar-refractivity contribution in [3.8, 4) is 11.3 Å². The molecule has 0 aliphatic carbocycles. The number of unbranched alkanes of at least 4 members (excludes halogenated alkanes) is 1. The molecule has 1 N–H and O–H groups in total. The maximum Gasteiger partial charge on any atom is 0.257 e. The Morgan fingerprint density at radius 1 is 1.19 bits per heavy atom. The molecule has 27 heavy (non-hydrogen) atoms. The number of carbonyl (C=O) groups excluding carboxylic acids is 1. The number of aryl methyl sites for hydroxylation is 1. The van der Waals surface area contributed by atoms with Gasteiger partial charge in [0.15, 0.2) is 0 Å². The van der Waals surface area contributed by atoms with Crippen LogP contribution in [0.2, 0.25) is 0 Å². The molecule has 0 spiro atoms. The summed E-state index contributed by atoms with van der Waals surface area (Å²) in [5.74, 6) is -0.208. The Kier molecular flexibility index (Phi) is 4.93. The number of aromatic nitrogens is 4. The topological polar surface area (TPSA) is 72.2 Å². The lowest BCUT2D eigenvalue weighted by Gasteiger charge is -2.01. The molecule has 0 saturated heterocycles. The maximum atomic E-state index is 12.5. The average molecular weight is 377 g/mol. The Hall–Kier alpha value is -3.06. The normalized spacial score (nSPS) is 11.0. The first-order valence-electron chi connectivity index (χ1n) is 8.91. The molecule has 0 saturated carbocycles. The Bertz CT molecular complexity index is 1070. The fraction of sp³-hybridized carbons (Fsp3) is 0.200. The van der Waals surface area contributed by atoms with E-state index in [0.717, 1.165) is 41.2 Å². The number of nitrogens with one attached hydrogen (secondary N) is 1. The summed E-state index contributed by atoms with van der Waals surface area (Å²) < 4.78 is 1.91. The molecule has 1 amide bonds. The number of imidazole rings is 1. The van der Waals surface area contributed by atoms with Gasteiger partial charge in [-0.05, 0) is 18.6 Å². The van der Waals surface area contributed by atoms with Crippen LogP contribution >= 0.6 is 11.3 Å². The summed E-state index contributed by atoms with van der Waals surface area (Å²) in [5, 5.41) is 12.5. The standard InChI is InChI=1S/C20H19N5OS/c1-2-3-9-18-23-24-20(27-18)22-19(26)15-10-11-25-13-16(21-17(25)12-15)14-7-5-4-6-8-14/h4-8,10-13H,2-3,9H2,1H3,(H,22,24,26). The highest BCUT2D eigenvalue weighted by molar-refractivity contribution is 7.15. The van der Waals surface area contributed by atoms with Crippen molar-refractivity contribution in [1.82, 2.24) is 19.6 Å². The fourth-order valence-electron chi connectivity index (χ4n) is 2.77. The molecule has 0 unspecified atom stereocenters. The van der Waals surface area contributed by atoms with Crippen LogP contribution in [0.5, 0.6) is 0 Å². The number of nitrogens with zero attached hydrogens (tertiary/aromatic N) is 4. The van der Waals surface area contributed by atoms with Gasteiger partial charge >= 0.3 is 0 Å². The number of amides is 1. The molecular weight excluding hydrogens is 358 g/mol. The van der Waals surface area contributed by atoms with Gasteiger partial charge in [0.05, 0.1) is 5.69 Å². The van der Waals surface area contributed by atoms with Crippen LogP contribution in [0.25, 0.3) is 16.9 Å². The van der Waals surface area contributed by atoms with Gasteiger partial charge in [-0.2, -0.15) is 0 Å². The Morgan fingerprint density at radius 3 is 2.85 bits per heavy atom. The van der Waals surface area contributed by atoms with Gasteiger partial charge in [-0.15, -0.1) is 10.2 Å². The Morgan fingerprint density at radius 2 is 2.04 bits per heavy atom. The van der Waals surface area contributed by atoms with E-state index < -0.39 is 0 Å². The van der Waals surface area contributed by atoms with Gasteiger partial charge in [-0.1, -0.05) is 55.0 Å². The second kappa shape index (κ2) is 7.67. The SMILES string of the molecule is CCCCc1nnc(NC(=O)c2ccn3cc(-c4ccccc4)nc3c2)s1. The lowest BCUT2D eigenvalue weighted by molar-refractivity contribution is 0.102. The first kappa shape index (κ1) is 17.4. The van der Waals surface area contributed by atoms with Crippen molar-refractivity contribution < 1.29 is 4.79 Å². The summed E-state index contributed by atoms with van der Waals surface area (Å²) in [6.45, 7) is 2.14. The van der Waals surface area contributed by atoms with E-state index in [9.17, 15) is 4.79 Å². The second-order valence-electron chi connectivity index (χ2n) is 6.23. The molecule has 0 aliphatic heterocycles. The molecule has 3 aromatic heterocycles. The van der Waals surface area contributed by atoms with Crippen LogP contribution in [0, 0.1) is 0 Å². The van der Waals surface area contributed by atoms with Crippen LogP contribution in [-0.2, 0) is 6.42 Å². The van der Waals surface area contributed by atoms with E-state index in [0.29, 0.717) is 10.7 Å². The number of anilines is 1. The number of carbonyl (C=O) groups is 1. The number of rotatable bonds is 6. The molecule has 3 heterocycles. The fourth-order valence-corrected chi connectivity index (χ4v) is 3.55. The first-order chi connectivity index (χ1) is 13.2. The van der Waals surface area contributed by atoms with Gasteiger partial charge in [0.1, 0.15) is 10.7 Å². The monoisotopic (exact) mass is 377 g/mol. The molecule has 4 rings (SSSR count). The van der Waals surface area contributed by atoms with Gasteiger partial charge in [0.2, 0.25) is 5.13 Å². The average Bonchev–Trinajstić information content (AvgIpc) is 3.33. The second-order valence-corrected chi connectivity index (χ2v) is 7.29. The van der Waals surface area contributed by atoms with Crippen molar-refractivity contribution in [1.29, 1.82) is 0 Å². The molecule has 4 aromatic rings. The lowest BCUT2D eigenvalue weighted by Crippen LogP contribution is -2.12. The number of pyridine rings is 1. The van der Waals surface area contributed by atoms with Gasteiger partial charge < -0.3 is 4.40 Å². The number of fused-ring (bicyclic) bond motifs is 1. The molecular formula is C20H19N5OS. The number of benzene rings is 1.